The smallest absolute Gasteiger partial charge is 0.409 e. The molecule has 2 aromatic rings. The van der Waals surface area contributed by atoms with E-state index in [1.165, 1.54) is 5.56 Å². The average molecular weight is 584 g/mol. The molecule has 0 unspecified atom stereocenters. The fraction of sp³-hybridized carbons (Fsp3) is 0.576. The number of methoxy groups -OCH3 is 2. The van der Waals surface area contributed by atoms with E-state index in [1.807, 2.05) is 36.9 Å². The highest BCUT2D eigenvalue weighted by Crippen LogP contribution is 2.30. The normalized spacial score (nSPS) is 16.6. The topological polar surface area (TPSA) is 89.6 Å². The van der Waals surface area contributed by atoms with Gasteiger partial charge in [-0.25, -0.2) is 4.79 Å². The molecule has 0 spiro atoms. The molecule has 0 bridgehead atoms. The van der Waals surface area contributed by atoms with E-state index < -0.39 is 0 Å². The summed E-state index contributed by atoms with van der Waals surface area (Å²) >= 11 is 0. The highest BCUT2D eigenvalue weighted by Gasteiger charge is 2.33. The third-order valence-corrected chi connectivity index (χ3v) is 7.47. The quantitative estimate of drug-likeness (QED) is 0.277. The molecule has 2 atom stereocenters. The lowest BCUT2D eigenvalue weighted by molar-refractivity contribution is 0.0439. The highest BCUT2D eigenvalue weighted by molar-refractivity contribution is 5.95. The van der Waals surface area contributed by atoms with Gasteiger partial charge in [0, 0.05) is 69.9 Å². The number of hydrogen-bond donors (Lipinski definition) is 1. The molecule has 0 aliphatic carbocycles. The standard InChI is InChI=1S/C33H49N3O6/c1-6-16-35(17-15-26-11-8-7-9-12-26)33(38)42-24-27-20-29(23-34-22-27)36(25(2)3)32(37)28-13-14-30(40-5)31(21-28)41-19-10-18-39-4/h7-9,11-14,21,25,27,29,34H,6,10,15-20,22-24H2,1-5H3/t27-,29+/m0/s1. The van der Waals surface area contributed by atoms with E-state index in [-0.39, 0.29) is 30.0 Å². The first-order valence-corrected chi connectivity index (χ1v) is 15.2. The third kappa shape index (κ3) is 9.91. The molecule has 2 aromatic carbocycles. The molecule has 1 saturated heterocycles. The Labute approximate surface area is 251 Å². The van der Waals surface area contributed by atoms with Crippen LogP contribution < -0.4 is 14.8 Å². The van der Waals surface area contributed by atoms with Gasteiger partial charge in [-0.3, -0.25) is 4.79 Å². The van der Waals surface area contributed by atoms with E-state index in [0.29, 0.717) is 56.5 Å². The van der Waals surface area contributed by atoms with Crippen molar-refractivity contribution in [3.05, 3.63) is 59.7 Å². The van der Waals surface area contributed by atoms with Gasteiger partial charge in [-0.05, 0) is 56.9 Å². The Morgan fingerprint density at radius 3 is 2.48 bits per heavy atom. The molecular formula is C33H49N3O6. The number of nitrogens with zero attached hydrogens (tertiary/aromatic N) is 2. The number of amides is 2. The van der Waals surface area contributed by atoms with Crippen molar-refractivity contribution in [3.63, 3.8) is 0 Å². The van der Waals surface area contributed by atoms with Crippen LogP contribution in [-0.4, -0.2) is 94.1 Å². The number of carbonyl (C=O) groups excluding carboxylic acids is 2. The van der Waals surface area contributed by atoms with Crippen molar-refractivity contribution in [2.75, 3.05) is 60.2 Å². The Morgan fingerprint density at radius 2 is 1.79 bits per heavy atom. The van der Waals surface area contributed by atoms with Gasteiger partial charge in [-0.15, -0.1) is 0 Å². The van der Waals surface area contributed by atoms with E-state index >= 15 is 0 Å². The molecule has 0 saturated carbocycles. The fourth-order valence-electron chi connectivity index (χ4n) is 5.38. The number of ether oxygens (including phenoxy) is 4. The number of rotatable bonds is 16. The zero-order valence-corrected chi connectivity index (χ0v) is 26.0. The van der Waals surface area contributed by atoms with Crippen LogP contribution in [0.5, 0.6) is 11.5 Å². The summed E-state index contributed by atoms with van der Waals surface area (Å²) in [6.45, 7) is 10.2. The molecule has 232 valence electrons. The van der Waals surface area contributed by atoms with Gasteiger partial charge in [0.15, 0.2) is 11.5 Å². The second-order valence-electron chi connectivity index (χ2n) is 11.1. The van der Waals surface area contributed by atoms with Crippen LogP contribution >= 0.6 is 0 Å². The van der Waals surface area contributed by atoms with Crippen molar-refractivity contribution < 1.29 is 28.5 Å². The molecular weight excluding hydrogens is 534 g/mol. The van der Waals surface area contributed by atoms with Crippen molar-refractivity contribution >= 4 is 12.0 Å². The van der Waals surface area contributed by atoms with E-state index in [2.05, 4.69) is 24.4 Å². The summed E-state index contributed by atoms with van der Waals surface area (Å²) < 4.78 is 22.3. The minimum absolute atomic E-state index is 0.0168. The Kier molecular flexibility index (Phi) is 13.9. The lowest BCUT2D eigenvalue weighted by atomic mass is 9.94. The van der Waals surface area contributed by atoms with Gasteiger partial charge in [-0.2, -0.15) is 0 Å². The summed E-state index contributed by atoms with van der Waals surface area (Å²) in [5.74, 6) is 1.17. The van der Waals surface area contributed by atoms with Crippen LogP contribution in [-0.2, 0) is 15.9 Å². The van der Waals surface area contributed by atoms with Crippen LogP contribution in [0.1, 0.15) is 56.0 Å². The molecule has 1 aliphatic rings. The Morgan fingerprint density at radius 1 is 1.00 bits per heavy atom. The number of piperidine rings is 1. The molecule has 2 amide bonds. The van der Waals surface area contributed by atoms with E-state index in [0.717, 1.165) is 32.2 Å². The van der Waals surface area contributed by atoms with Gasteiger partial charge < -0.3 is 34.1 Å². The van der Waals surface area contributed by atoms with Gasteiger partial charge in [0.05, 0.1) is 20.3 Å². The molecule has 0 radical (unpaired) electrons. The summed E-state index contributed by atoms with van der Waals surface area (Å²) in [5, 5.41) is 3.47. The Bertz CT molecular complexity index is 1100. The van der Waals surface area contributed by atoms with Crippen molar-refractivity contribution in [1.82, 2.24) is 15.1 Å². The maximum absolute atomic E-state index is 13.8. The maximum atomic E-state index is 13.8. The van der Waals surface area contributed by atoms with Gasteiger partial charge in [0.25, 0.3) is 5.91 Å². The molecule has 1 heterocycles. The number of carbonyl (C=O) groups is 2. The molecule has 0 aromatic heterocycles. The fourth-order valence-corrected chi connectivity index (χ4v) is 5.38. The first-order chi connectivity index (χ1) is 20.4. The molecule has 1 N–H and O–H groups in total. The van der Waals surface area contributed by atoms with Crippen LogP contribution in [0, 0.1) is 5.92 Å². The monoisotopic (exact) mass is 583 g/mol. The van der Waals surface area contributed by atoms with Crippen molar-refractivity contribution in [1.29, 1.82) is 0 Å². The summed E-state index contributed by atoms with van der Waals surface area (Å²) in [6, 6.07) is 15.4. The van der Waals surface area contributed by atoms with E-state index in [9.17, 15) is 9.59 Å². The summed E-state index contributed by atoms with van der Waals surface area (Å²) in [5.41, 5.74) is 1.75. The second kappa shape index (κ2) is 17.6. The first-order valence-electron chi connectivity index (χ1n) is 15.2. The van der Waals surface area contributed by atoms with Crippen LogP contribution in [0.3, 0.4) is 0 Å². The minimum atomic E-state index is -0.275. The van der Waals surface area contributed by atoms with Gasteiger partial charge in [-0.1, -0.05) is 37.3 Å². The summed E-state index contributed by atoms with van der Waals surface area (Å²) in [7, 11) is 3.24. The maximum Gasteiger partial charge on any atom is 0.409 e. The number of hydrogen-bond acceptors (Lipinski definition) is 7. The first kappa shape index (κ1) is 33.2. The van der Waals surface area contributed by atoms with Crippen molar-refractivity contribution in [3.8, 4) is 11.5 Å². The molecule has 1 aliphatic heterocycles. The van der Waals surface area contributed by atoms with Crippen LogP contribution in [0.15, 0.2) is 48.5 Å². The third-order valence-electron chi connectivity index (χ3n) is 7.47. The lowest BCUT2D eigenvalue weighted by Gasteiger charge is -2.40. The molecule has 3 rings (SSSR count). The molecule has 42 heavy (non-hydrogen) atoms. The average Bonchev–Trinajstić information content (AvgIpc) is 3.00. The summed E-state index contributed by atoms with van der Waals surface area (Å²) in [6.07, 6.45) is 2.87. The largest absolute Gasteiger partial charge is 0.493 e. The van der Waals surface area contributed by atoms with Crippen LogP contribution in [0.25, 0.3) is 0 Å². The predicted molar refractivity (Wildman–Crippen MR) is 164 cm³/mol. The van der Waals surface area contributed by atoms with E-state index in [4.69, 9.17) is 18.9 Å². The second-order valence-corrected chi connectivity index (χ2v) is 11.1. The molecule has 1 fully saturated rings. The Hall–Kier alpha value is -3.30. The zero-order chi connectivity index (χ0) is 30.3. The van der Waals surface area contributed by atoms with Crippen LogP contribution in [0.4, 0.5) is 4.79 Å². The number of benzene rings is 2. The Balaban J connectivity index is 1.61. The van der Waals surface area contributed by atoms with Gasteiger partial charge in [0.2, 0.25) is 0 Å². The highest BCUT2D eigenvalue weighted by atomic mass is 16.6. The van der Waals surface area contributed by atoms with Gasteiger partial charge >= 0.3 is 6.09 Å². The molecule has 9 heteroatoms. The SMILES string of the molecule is CCCN(CCc1ccccc1)C(=O)OC[C@@H]1CNC[C@H](N(C(=O)c2ccc(OC)c(OCCCOC)c2)C(C)C)C1. The zero-order valence-electron chi connectivity index (χ0n) is 26.0. The lowest BCUT2D eigenvalue weighted by Crippen LogP contribution is -2.54. The predicted octanol–water partition coefficient (Wildman–Crippen LogP) is 5.03. The number of nitrogens with one attached hydrogen (secondary N) is 1. The van der Waals surface area contributed by atoms with Gasteiger partial charge in [0.1, 0.15) is 0 Å². The van der Waals surface area contributed by atoms with Crippen molar-refractivity contribution in [2.45, 2.75) is 58.5 Å². The van der Waals surface area contributed by atoms with Crippen molar-refractivity contribution in [2.24, 2.45) is 5.92 Å². The summed E-state index contributed by atoms with van der Waals surface area (Å²) in [4.78, 5) is 30.6. The molecule has 9 nitrogen and oxygen atoms in total. The minimum Gasteiger partial charge on any atom is -0.493 e. The van der Waals surface area contributed by atoms with E-state index in [1.54, 1.807) is 37.3 Å². The van der Waals surface area contributed by atoms with Crippen LogP contribution in [0.2, 0.25) is 0 Å².